The molecule has 2 heterocycles. The van der Waals surface area contributed by atoms with Crippen molar-refractivity contribution in [3.8, 4) is 0 Å². The Labute approximate surface area is 124 Å². The quantitative estimate of drug-likeness (QED) is 0.423. The van der Waals surface area contributed by atoms with Gasteiger partial charge >= 0.3 is 0 Å². The van der Waals surface area contributed by atoms with E-state index in [1.807, 2.05) is 60.7 Å². The highest BCUT2D eigenvalue weighted by molar-refractivity contribution is 6.09. The van der Waals surface area contributed by atoms with Crippen LogP contribution in [-0.2, 0) is 0 Å². The van der Waals surface area contributed by atoms with Gasteiger partial charge in [-0.05, 0) is 29.0 Å². The molecule has 0 bridgehead atoms. The van der Waals surface area contributed by atoms with Gasteiger partial charge in [-0.15, -0.1) is 0 Å². The van der Waals surface area contributed by atoms with Crippen LogP contribution in [0.25, 0.3) is 43.7 Å². The van der Waals surface area contributed by atoms with Gasteiger partial charge in [0.2, 0.25) is 11.1 Å². The van der Waals surface area contributed by atoms with Crippen LogP contribution in [0.2, 0.25) is 0 Å². The molecule has 0 saturated heterocycles. The number of fused-ring (bicyclic) bond motifs is 5. The summed E-state index contributed by atoms with van der Waals surface area (Å²) in [5, 5.41) is 4.26. The maximum absolute atomic E-state index is 12.9. The van der Waals surface area contributed by atoms with Crippen molar-refractivity contribution in [2.75, 3.05) is 0 Å². The number of rotatable bonds is 0. The summed E-state index contributed by atoms with van der Waals surface area (Å²) in [6, 6.07) is 19.6. The molecule has 0 unspecified atom stereocenters. The van der Waals surface area contributed by atoms with Crippen molar-refractivity contribution >= 4 is 43.7 Å². The third-order valence-corrected chi connectivity index (χ3v) is 4.20. The average molecular weight is 285 g/mol. The predicted octanol–water partition coefficient (Wildman–Crippen LogP) is 4.58. The number of benzene rings is 3. The lowest BCUT2D eigenvalue weighted by Crippen LogP contribution is -2.01. The zero-order chi connectivity index (χ0) is 14.7. The highest BCUT2D eigenvalue weighted by atomic mass is 16.3. The fourth-order valence-corrected chi connectivity index (χ4v) is 3.15. The molecule has 0 spiro atoms. The molecule has 0 aliphatic heterocycles. The van der Waals surface area contributed by atoms with E-state index in [1.54, 1.807) is 0 Å². The van der Waals surface area contributed by atoms with Crippen LogP contribution >= 0.6 is 0 Å². The van der Waals surface area contributed by atoms with Gasteiger partial charge in [0.15, 0.2) is 0 Å². The molecular weight excluding hydrogens is 274 g/mol. The van der Waals surface area contributed by atoms with Crippen LogP contribution in [0.5, 0.6) is 0 Å². The van der Waals surface area contributed by atoms with Gasteiger partial charge < -0.3 is 9.40 Å². The van der Waals surface area contributed by atoms with E-state index in [0.717, 1.165) is 21.7 Å². The van der Waals surface area contributed by atoms with Crippen molar-refractivity contribution in [1.82, 2.24) is 4.98 Å². The molecular formula is C19H11NO2. The molecule has 0 radical (unpaired) electrons. The molecule has 0 atom stereocenters. The van der Waals surface area contributed by atoms with Crippen molar-refractivity contribution in [3.05, 3.63) is 70.9 Å². The largest absolute Gasteiger partial charge is 0.439 e. The fraction of sp³-hybridized carbons (Fsp3) is 0. The van der Waals surface area contributed by atoms with E-state index in [0.29, 0.717) is 22.1 Å². The second kappa shape index (κ2) is 3.98. The number of nitrogens with one attached hydrogen (secondary N) is 1. The molecule has 1 N–H and O–H groups in total. The molecule has 5 aromatic rings. The topological polar surface area (TPSA) is 46.0 Å². The van der Waals surface area contributed by atoms with Crippen LogP contribution in [0.1, 0.15) is 0 Å². The minimum Gasteiger partial charge on any atom is -0.439 e. The molecule has 0 fully saturated rings. The van der Waals surface area contributed by atoms with Gasteiger partial charge in [-0.25, -0.2) is 0 Å². The normalized spacial score (nSPS) is 11.8. The SMILES string of the molecule is O=c1c2cc3ccccc3cc2oc2[nH]c3ccccc3c12. The predicted molar refractivity (Wildman–Crippen MR) is 89.4 cm³/mol. The van der Waals surface area contributed by atoms with Crippen LogP contribution in [-0.4, -0.2) is 4.98 Å². The standard InChI is InChI=1S/C19H11NO2/c21-18-14-9-11-5-1-2-6-12(11)10-16(14)22-19-17(18)13-7-3-4-8-15(13)20-19/h1-10,20H. The molecule has 2 aromatic heterocycles. The summed E-state index contributed by atoms with van der Waals surface area (Å²) in [4.78, 5) is 16.1. The monoisotopic (exact) mass is 285 g/mol. The van der Waals surface area contributed by atoms with Gasteiger partial charge in [0.1, 0.15) is 5.58 Å². The van der Waals surface area contributed by atoms with Crippen LogP contribution in [0.4, 0.5) is 0 Å². The van der Waals surface area contributed by atoms with Crippen molar-refractivity contribution in [2.24, 2.45) is 0 Å². The maximum Gasteiger partial charge on any atom is 0.209 e. The first-order chi connectivity index (χ1) is 10.8. The van der Waals surface area contributed by atoms with Gasteiger partial charge in [-0.3, -0.25) is 4.79 Å². The Hall–Kier alpha value is -3.07. The lowest BCUT2D eigenvalue weighted by Gasteiger charge is -2.01. The average Bonchev–Trinajstić information content (AvgIpc) is 2.92. The zero-order valence-electron chi connectivity index (χ0n) is 11.6. The van der Waals surface area contributed by atoms with Gasteiger partial charge in [0.05, 0.1) is 10.8 Å². The number of aromatic amines is 1. The molecule has 3 heteroatoms. The molecule has 5 rings (SSSR count). The second-order valence-corrected chi connectivity index (χ2v) is 5.50. The Balaban J connectivity index is 2.07. The fourth-order valence-electron chi connectivity index (χ4n) is 3.15. The second-order valence-electron chi connectivity index (χ2n) is 5.50. The summed E-state index contributed by atoms with van der Waals surface area (Å²) in [6.45, 7) is 0. The summed E-state index contributed by atoms with van der Waals surface area (Å²) >= 11 is 0. The van der Waals surface area contributed by atoms with Crippen LogP contribution in [0, 0.1) is 0 Å². The van der Waals surface area contributed by atoms with Crippen LogP contribution in [0.3, 0.4) is 0 Å². The molecule has 0 saturated carbocycles. The highest BCUT2D eigenvalue weighted by Crippen LogP contribution is 2.28. The molecule has 104 valence electrons. The molecule has 0 aliphatic carbocycles. The Morgan fingerprint density at radius 1 is 0.818 bits per heavy atom. The summed E-state index contributed by atoms with van der Waals surface area (Å²) in [7, 11) is 0. The van der Waals surface area contributed by atoms with Crippen molar-refractivity contribution < 1.29 is 4.42 Å². The summed E-state index contributed by atoms with van der Waals surface area (Å²) in [5.74, 6) is 0. The van der Waals surface area contributed by atoms with E-state index in [4.69, 9.17) is 4.42 Å². The Bertz CT molecular complexity index is 1240. The van der Waals surface area contributed by atoms with E-state index in [2.05, 4.69) is 4.98 Å². The molecule has 0 amide bonds. The third-order valence-electron chi connectivity index (χ3n) is 4.20. The van der Waals surface area contributed by atoms with Crippen molar-refractivity contribution in [1.29, 1.82) is 0 Å². The molecule has 3 nitrogen and oxygen atoms in total. The first-order valence-electron chi connectivity index (χ1n) is 7.17. The molecule has 3 aromatic carbocycles. The minimum absolute atomic E-state index is 0.0134. The van der Waals surface area contributed by atoms with Crippen molar-refractivity contribution in [3.63, 3.8) is 0 Å². The summed E-state index contributed by atoms with van der Waals surface area (Å²) in [6.07, 6.45) is 0. The third kappa shape index (κ3) is 1.42. The number of para-hydroxylation sites is 1. The lowest BCUT2D eigenvalue weighted by molar-refractivity contribution is 0.649. The van der Waals surface area contributed by atoms with Gasteiger partial charge in [0.25, 0.3) is 0 Å². The maximum atomic E-state index is 12.9. The van der Waals surface area contributed by atoms with Crippen LogP contribution in [0.15, 0.2) is 69.9 Å². The summed E-state index contributed by atoms with van der Waals surface area (Å²) < 4.78 is 5.96. The first kappa shape index (κ1) is 11.6. The number of hydrogen-bond donors (Lipinski definition) is 1. The Morgan fingerprint density at radius 3 is 2.41 bits per heavy atom. The lowest BCUT2D eigenvalue weighted by atomic mass is 10.1. The van der Waals surface area contributed by atoms with E-state index < -0.39 is 0 Å². The van der Waals surface area contributed by atoms with E-state index in [9.17, 15) is 4.79 Å². The molecule has 0 aliphatic rings. The molecule has 22 heavy (non-hydrogen) atoms. The van der Waals surface area contributed by atoms with E-state index in [1.165, 1.54) is 0 Å². The van der Waals surface area contributed by atoms with Gasteiger partial charge in [-0.2, -0.15) is 0 Å². The Kier molecular flexibility index (Phi) is 2.09. The first-order valence-corrected chi connectivity index (χ1v) is 7.17. The smallest absolute Gasteiger partial charge is 0.209 e. The number of aromatic nitrogens is 1. The minimum atomic E-state index is 0.0134. The van der Waals surface area contributed by atoms with Crippen LogP contribution < -0.4 is 5.43 Å². The highest BCUT2D eigenvalue weighted by Gasteiger charge is 2.13. The Morgan fingerprint density at radius 2 is 1.55 bits per heavy atom. The van der Waals surface area contributed by atoms with Gasteiger partial charge in [-0.1, -0.05) is 42.5 Å². The summed E-state index contributed by atoms with van der Waals surface area (Å²) in [5.41, 5.74) is 2.08. The number of hydrogen-bond acceptors (Lipinski definition) is 2. The number of H-pyrrole nitrogens is 1. The van der Waals surface area contributed by atoms with Crippen molar-refractivity contribution in [2.45, 2.75) is 0 Å². The van der Waals surface area contributed by atoms with E-state index >= 15 is 0 Å². The van der Waals surface area contributed by atoms with E-state index in [-0.39, 0.29) is 5.43 Å². The zero-order valence-corrected chi connectivity index (χ0v) is 11.6. The van der Waals surface area contributed by atoms with Gasteiger partial charge in [0, 0.05) is 10.9 Å².